The molecule has 1 aromatic heterocycles. The van der Waals surface area contributed by atoms with Gasteiger partial charge in [0.05, 0.1) is 11.6 Å². The lowest BCUT2D eigenvalue weighted by molar-refractivity contribution is -0.0642. The number of aryl methyl sites for hydroxylation is 1. The van der Waals surface area contributed by atoms with E-state index in [1.165, 1.54) is 5.56 Å². The van der Waals surface area contributed by atoms with Gasteiger partial charge in [0.15, 0.2) is 0 Å². The maximum Gasteiger partial charge on any atom is 0.131 e. The normalized spacial score (nSPS) is 20.9. The van der Waals surface area contributed by atoms with Crippen LogP contribution < -0.4 is 10.1 Å². The van der Waals surface area contributed by atoms with Gasteiger partial charge >= 0.3 is 0 Å². The fraction of sp³-hybridized carbons (Fsp3) is 0.348. The van der Waals surface area contributed by atoms with Crippen LogP contribution in [0.4, 0.5) is 0 Å². The summed E-state index contributed by atoms with van der Waals surface area (Å²) in [4.78, 5) is 4.55. The number of rotatable bonds is 4. The van der Waals surface area contributed by atoms with Crippen LogP contribution >= 0.6 is 0 Å². The van der Waals surface area contributed by atoms with Crippen molar-refractivity contribution in [2.45, 2.75) is 44.9 Å². The molecular formula is C23H26N2O2. The number of aliphatic hydroxyl groups is 1. The topological polar surface area (TPSA) is 54.4 Å². The molecule has 4 nitrogen and oxygen atoms in total. The van der Waals surface area contributed by atoms with Crippen LogP contribution in [0, 0.1) is 6.92 Å². The van der Waals surface area contributed by atoms with Gasteiger partial charge in [0, 0.05) is 17.1 Å². The molecule has 0 saturated carbocycles. The maximum absolute atomic E-state index is 10.9. The SMILES string of the molecule is Cc1cnc2cc3c(cc2c1)OC(C)(C)[C@@H](O)[C@@H]3NCCc1ccccc1. The first-order valence-electron chi connectivity index (χ1n) is 9.49. The van der Waals surface area contributed by atoms with Crippen LogP contribution in [0.5, 0.6) is 5.75 Å². The highest BCUT2D eigenvalue weighted by Crippen LogP contribution is 2.41. The van der Waals surface area contributed by atoms with Gasteiger partial charge in [-0.3, -0.25) is 4.98 Å². The summed E-state index contributed by atoms with van der Waals surface area (Å²) in [6.07, 6.45) is 2.13. The zero-order chi connectivity index (χ0) is 19.0. The van der Waals surface area contributed by atoms with E-state index < -0.39 is 11.7 Å². The lowest BCUT2D eigenvalue weighted by Crippen LogP contribution is -2.52. The number of ether oxygens (including phenoxy) is 1. The maximum atomic E-state index is 10.9. The van der Waals surface area contributed by atoms with E-state index >= 15 is 0 Å². The number of benzene rings is 2. The van der Waals surface area contributed by atoms with Crippen molar-refractivity contribution in [3.63, 3.8) is 0 Å². The van der Waals surface area contributed by atoms with Crippen molar-refractivity contribution in [2.75, 3.05) is 6.54 Å². The molecule has 2 heterocycles. The number of hydrogen-bond acceptors (Lipinski definition) is 4. The average Bonchev–Trinajstić information content (AvgIpc) is 2.64. The minimum Gasteiger partial charge on any atom is -0.485 e. The van der Waals surface area contributed by atoms with E-state index in [9.17, 15) is 5.11 Å². The van der Waals surface area contributed by atoms with Crippen LogP contribution in [-0.4, -0.2) is 28.3 Å². The number of nitrogens with one attached hydrogen (secondary N) is 1. The molecule has 1 aliphatic rings. The second-order valence-electron chi connectivity index (χ2n) is 7.91. The monoisotopic (exact) mass is 362 g/mol. The molecule has 0 radical (unpaired) electrons. The van der Waals surface area contributed by atoms with Gasteiger partial charge in [-0.05, 0) is 63.1 Å². The van der Waals surface area contributed by atoms with Gasteiger partial charge in [0.1, 0.15) is 17.5 Å². The minimum absolute atomic E-state index is 0.194. The Hall–Kier alpha value is -2.43. The molecule has 2 atom stereocenters. The van der Waals surface area contributed by atoms with Crippen LogP contribution in [0.2, 0.25) is 0 Å². The Morgan fingerprint density at radius 2 is 1.93 bits per heavy atom. The molecule has 2 N–H and O–H groups in total. The highest BCUT2D eigenvalue weighted by Gasteiger charge is 2.42. The molecule has 0 spiro atoms. The van der Waals surface area contributed by atoms with Crippen molar-refractivity contribution in [3.05, 3.63) is 71.4 Å². The number of hydrogen-bond donors (Lipinski definition) is 2. The van der Waals surface area contributed by atoms with Gasteiger partial charge in [-0.1, -0.05) is 30.3 Å². The van der Waals surface area contributed by atoms with Gasteiger partial charge in [0.25, 0.3) is 0 Å². The van der Waals surface area contributed by atoms with Crippen LogP contribution in [0.15, 0.2) is 54.7 Å². The largest absolute Gasteiger partial charge is 0.485 e. The summed E-state index contributed by atoms with van der Waals surface area (Å²) in [6, 6.07) is 16.4. The first-order chi connectivity index (χ1) is 12.9. The van der Waals surface area contributed by atoms with E-state index in [4.69, 9.17) is 4.74 Å². The van der Waals surface area contributed by atoms with Crippen molar-refractivity contribution < 1.29 is 9.84 Å². The second kappa shape index (κ2) is 6.95. The molecule has 0 amide bonds. The predicted molar refractivity (Wildman–Crippen MR) is 108 cm³/mol. The summed E-state index contributed by atoms with van der Waals surface area (Å²) in [5.74, 6) is 0.822. The van der Waals surface area contributed by atoms with Crippen molar-refractivity contribution in [1.82, 2.24) is 10.3 Å². The molecule has 1 aliphatic heterocycles. The number of aliphatic hydroxyl groups excluding tert-OH is 1. The molecule has 0 saturated heterocycles. The fourth-order valence-corrected chi connectivity index (χ4v) is 3.77. The van der Waals surface area contributed by atoms with Crippen molar-refractivity contribution >= 4 is 10.9 Å². The zero-order valence-corrected chi connectivity index (χ0v) is 16.1. The Bertz CT molecular complexity index is 953. The molecule has 2 aromatic carbocycles. The van der Waals surface area contributed by atoms with Crippen molar-refractivity contribution in [2.24, 2.45) is 0 Å². The van der Waals surface area contributed by atoms with Crippen LogP contribution in [0.25, 0.3) is 10.9 Å². The molecule has 0 bridgehead atoms. The fourth-order valence-electron chi connectivity index (χ4n) is 3.77. The van der Waals surface area contributed by atoms with Gasteiger partial charge in [0.2, 0.25) is 0 Å². The third-order valence-electron chi connectivity index (χ3n) is 5.31. The van der Waals surface area contributed by atoms with E-state index in [-0.39, 0.29) is 6.04 Å². The summed E-state index contributed by atoms with van der Waals surface area (Å²) in [6.45, 7) is 6.69. The van der Waals surface area contributed by atoms with Gasteiger partial charge in [-0.25, -0.2) is 0 Å². The predicted octanol–water partition coefficient (Wildman–Crippen LogP) is 3.95. The van der Waals surface area contributed by atoms with E-state index in [0.29, 0.717) is 0 Å². The molecular weight excluding hydrogens is 336 g/mol. The number of nitrogens with zero attached hydrogens (tertiary/aromatic N) is 1. The van der Waals surface area contributed by atoms with E-state index in [1.54, 1.807) is 0 Å². The standard InChI is InChI=1S/C23H26N2O2/c1-15-11-17-12-20-18(13-19(17)25-14-15)21(22(26)23(2,3)27-20)24-10-9-16-7-5-4-6-8-16/h4-8,11-14,21-22,24,26H,9-10H2,1-3H3/t21-,22+/m1/s1. The molecule has 27 heavy (non-hydrogen) atoms. The first-order valence-corrected chi connectivity index (χ1v) is 9.49. The molecule has 3 aromatic rings. The molecule has 4 heteroatoms. The number of aromatic nitrogens is 1. The zero-order valence-electron chi connectivity index (χ0n) is 16.1. The Labute approximate surface area is 160 Å². The smallest absolute Gasteiger partial charge is 0.131 e. The molecule has 4 rings (SSSR count). The molecule has 0 fully saturated rings. The lowest BCUT2D eigenvalue weighted by atomic mass is 9.86. The van der Waals surface area contributed by atoms with E-state index in [0.717, 1.165) is 40.7 Å². The van der Waals surface area contributed by atoms with E-state index in [1.807, 2.05) is 45.2 Å². The summed E-state index contributed by atoms with van der Waals surface area (Å²) in [5, 5.41) is 15.6. The summed E-state index contributed by atoms with van der Waals surface area (Å²) in [7, 11) is 0. The van der Waals surface area contributed by atoms with Crippen molar-refractivity contribution in [1.29, 1.82) is 0 Å². The molecule has 0 unspecified atom stereocenters. The minimum atomic E-state index is -0.664. The second-order valence-corrected chi connectivity index (χ2v) is 7.91. The van der Waals surface area contributed by atoms with Crippen LogP contribution in [0.1, 0.15) is 36.6 Å². The summed E-state index contributed by atoms with van der Waals surface area (Å²) < 4.78 is 6.16. The Morgan fingerprint density at radius 3 is 2.70 bits per heavy atom. The lowest BCUT2D eigenvalue weighted by Gasteiger charge is -2.42. The molecule has 140 valence electrons. The van der Waals surface area contributed by atoms with Gasteiger partial charge < -0.3 is 15.2 Å². The number of pyridine rings is 1. The molecule has 0 aliphatic carbocycles. The quantitative estimate of drug-likeness (QED) is 0.738. The highest BCUT2D eigenvalue weighted by atomic mass is 16.5. The van der Waals surface area contributed by atoms with E-state index in [2.05, 4.69) is 40.6 Å². The van der Waals surface area contributed by atoms with Gasteiger partial charge in [-0.2, -0.15) is 0 Å². The van der Waals surface area contributed by atoms with Gasteiger partial charge in [-0.15, -0.1) is 0 Å². The Morgan fingerprint density at radius 1 is 1.15 bits per heavy atom. The third-order valence-corrected chi connectivity index (χ3v) is 5.31. The van der Waals surface area contributed by atoms with Crippen LogP contribution in [0.3, 0.4) is 0 Å². The summed E-state index contributed by atoms with van der Waals surface area (Å²) in [5.41, 5.74) is 3.63. The Kier molecular flexibility index (Phi) is 4.62. The average molecular weight is 362 g/mol. The third kappa shape index (κ3) is 3.55. The summed E-state index contributed by atoms with van der Waals surface area (Å²) >= 11 is 0. The van der Waals surface area contributed by atoms with Crippen molar-refractivity contribution in [3.8, 4) is 5.75 Å². The first kappa shape index (κ1) is 18.0. The van der Waals surface area contributed by atoms with Crippen LogP contribution in [-0.2, 0) is 6.42 Å². The number of fused-ring (bicyclic) bond motifs is 2. The highest BCUT2D eigenvalue weighted by molar-refractivity contribution is 5.82. The Balaban J connectivity index is 1.65.